The standard InChI is InChI=1S/C18H17N3O5/c1-26-16-7-2-4-13(9-16)19-18(23)12-8-17(22)20(11-12)14-5-3-6-15(10-14)21(24)25/h2-7,9-10,12H,8,11H2,1H3,(H,19,23)/t12-/m0/s1. The third-order valence-electron chi connectivity index (χ3n) is 4.19. The van der Waals surface area contributed by atoms with Crippen LogP contribution in [-0.4, -0.2) is 30.4 Å². The number of nitro benzene ring substituents is 1. The summed E-state index contributed by atoms with van der Waals surface area (Å²) in [6, 6.07) is 12.8. The maximum Gasteiger partial charge on any atom is 0.271 e. The molecule has 1 aliphatic heterocycles. The molecule has 1 fully saturated rings. The molecule has 0 aromatic heterocycles. The van der Waals surface area contributed by atoms with Crippen LogP contribution in [0.1, 0.15) is 6.42 Å². The quantitative estimate of drug-likeness (QED) is 0.656. The van der Waals surface area contributed by atoms with Crippen molar-refractivity contribution in [2.24, 2.45) is 5.92 Å². The van der Waals surface area contributed by atoms with Gasteiger partial charge in [-0.1, -0.05) is 12.1 Å². The summed E-state index contributed by atoms with van der Waals surface area (Å²) in [6.45, 7) is 0.176. The van der Waals surface area contributed by atoms with Crippen molar-refractivity contribution in [1.82, 2.24) is 0 Å². The molecule has 2 aromatic carbocycles. The van der Waals surface area contributed by atoms with Crippen molar-refractivity contribution in [2.45, 2.75) is 6.42 Å². The smallest absolute Gasteiger partial charge is 0.271 e. The number of rotatable bonds is 5. The highest BCUT2D eigenvalue weighted by Gasteiger charge is 2.35. The number of carbonyl (C=O) groups excluding carboxylic acids is 2. The minimum atomic E-state index is -0.534. The molecule has 0 aliphatic carbocycles. The number of methoxy groups -OCH3 is 1. The number of hydrogen-bond acceptors (Lipinski definition) is 5. The Bertz CT molecular complexity index is 867. The number of non-ortho nitro benzene ring substituents is 1. The zero-order valence-electron chi connectivity index (χ0n) is 14.0. The van der Waals surface area contributed by atoms with Crippen LogP contribution in [0.4, 0.5) is 17.1 Å². The van der Waals surface area contributed by atoms with Gasteiger partial charge in [0.1, 0.15) is 5.75 Å². The normalized spacial score (nSPS) is 16.4. The van der Waals surface area contributed by atoms with Crippen molar-refractivity contribution in [2.75, 3.05) is 23.9 Å². The van der Waals surface area contributed by atoms with Gasteiger partial charge in [-0.25, -0.2) is 0 Å². The number of hydrogen-bond donors (Lipinski definition) is 1. The van der Waals surface area contributed by atoms with Gasteiger partial charge in [0.05, 0.1) is 23.6 Å². The SMILES string of the molecule is COc1cccc(NC(=O)[C@H]2CC(=O)N(c3cccc([N+](=O)[O-])c3)C2)c1. The topological polar surface area (TPSA) is 102 Å². The lowest BCUT2D eigenvalue weighted by molar-refractivity contribution is -0.384. The van der Waals surface area contributed by atoms with Crippen molar-refractivity contribution in [3.05, 3.63) is 58.6 Å². The monoisotopic (exact) mass is 355 g/mol. The van der Waals surface area contributed by atoms with Crippen molar-refractivity contribution < 1.29 is 19.2 Å². The van der Waals surface area contributed by atoms with Crippen LogP contribution >= 0.6 is 0 Å². The van der Waals surface area contributed by atoms with Crippen LogP contribution < -0.4 is 15.0 Å². The lowest BCUT2D eigenvalue weighted by Gasteiger charge is -2.16. The summed E-state index contributed by atoms with van der Waals surface area (Å²) in [5.41, 5.74) is 0.899. The Labute approximate surface area is 149 Å². The second-order valence-electron chi connectivity index (χ2n) is 5.90. The van der Waals surface area contributed by atoms with E-state index in [1.807, 2.05) is 0 Å². The number of anilines is 2. The van der Waals surface area contributed by atoms with Gasteiger partial charge < -0.3 is 15.0 Å². The number of carbonyl (C=O) groups is 2. The molecule has 134 valence electrons. The first-order chi connectivity index (χ1) is 12.5. The van der Waals surface area contributed by atoms with Crippen LogP contribution in [0.2, 0.25) is 0 Å². The molecule has 0 radical (unpaired) electrons. The van der Waals surface area contributed by atoms with E-state index in [1.165, 1.54) is 30.2 Å². The number of amides is 2. The van der Waals surface area contributed by atoms with Crippen LogP contribution in [-0.2, 0) is 9.59 Å². The second kappa shape index (κ2) is 7.22. The molecule has 0 saturated carbocycles. The van der Waals surface area contributed by atoms with Gasteiger partial charge in [-0.2, -0.15) is 0 Å². The largest absolute Gasteiger partial charge is 0.497 e. The fourth-order valence-corrected chi connectivity index (χ4v) is 2.85. The van der Waals surface area contributed by atoms with Gasteiger partial charge in [0, 0.05) is 36.9 Å². The summed E-state index contributed by atoms with van der Waals surface area (Å²) in [4.78, 5) is 36.5. The maximum absolute atomic E-state index is 12.5. The van der Waals surface area contributed by atoms with E-state index in [2.05, 4.69) is 5.32 Å². The number of nitro groups is 1. The van der Waals surface area contributed by atoms with Crippen molar-refractivity contribution in [1.29, 1.82) is 0 Å². The molecular weight excluding hydrogens is 338 g/mol. The van der Waals surface area contributed by atoms with Crippen LogP contribution in [0, 0.1) is 16.0 Å². The number of benzene rings is 2. The van der Waals surface area contributed by atoms with Gasteiger partial charge >= 0.3 is 0 Å². The third-order valence-corrected chi connectivity index (χ3v) is 4.19. The van der Waals surface area contributed by atoms with E-state index >= 15 is 0 Å². The predicted octanol–water partition coefficient (Wildman–Crippen LogP) is 2.60. The van der Waals surface area contributed by atoms with E-state index in [0.29, 0.717) is 17.1 Å². The molecule has 8 nitrogen and oxygen atoms in total. The van der Waals surface area contributed by atoms with Gasteiger partial charge in [-0.15, -0.1) is 0 Å². The summed E-state index contributed by atoms with van der Waals surface area (Å²) in [5, 5.41) is 13.7. The highest BCUT2D eigenvalue weighted by molar-refractivity contribution is 6.03. The molecule has 3 rings (SSSR count). The molecule has 0 spiro atoms. The van der Waals surface area contributed by atoms with Crippen LogP contribution in [0.3, 0.4) is 0 Å². The highest BCUT2D eigenvalue weighted by Crippen LogP contribution is 2.28. The average Bonchev–Trinajstić information content (AvgIpc) is 3.04. The van der Waals surface area contributed by atoms with Gasteiger partial charge in [0.15, 0.2) is 0 Å². The second-order valence-corrected chi connectivity index (χ2v) is 5.90. The van der Waals surface area contributed by atoms with E-state index in [9.17, 15) is 19.7 Å². The maximum atomic E-state index is 12.5. The third kappa shape index (κ3) is 3.64. The molecule has 1 atom stereocenters. The minimum Gasteiger partial charge on any atom is -0.497 e. The molecule has 0 bridgehead atoms. The molecule has 1 aliphatic rings. The van der Waals surface area contributed by atoms with Gasteiger partial charge in [-0.3, -0.25) is 19.7 Å². The Morgan fingerprint density at radius 3 is 2.77 bits per heavy atom. The zero-order valence-corrected chi connectivity index (χ0v) is 14.0. The summed E-state index contributed by atoms with van der Waals surface area (Å²) < 4.78 is 5.12. The number of nitrogens with one attached hydrogen (secondary N) is 1. The van der Waals surface area contributed by atoms with E-state index in [1.54, 1.807) is 30.3 Å². The van der Waals surface area contributed by atoms with Crippen LogP contribution in [0.25, 0.3) is 0 Å². The Morgan fingerprint density at radius 1 is 1.27 bits per heavy atom. The molecule has 1 heterocycles. The Morgan fingerprint density at radius 2 is 2.04 bits per heavy atom. The molecule has 1 saturated heterocycles. The van der Waals surface area contributed by atoms with Gasteiger partial charge in [0.2, 0.25) is 11.8 Å². The van der Waals surface area contributed by atoms with E-state index in [-0.39, 0.29) is 30.5 Å². The Balaban J connectivity index is 1.71. The van der Waals surface area contributed by atoms with E-state index in [0.717, 1.165) is 0 Å². The molecule has 2 amide bonds. The Kier molecular flexibility index (Phi) is 4.83. The molecule has 0 unspecified atom stereocenters. The molecule has 1 N–H and O–H groups in total. The predicted molar refractivity (Wildman–Crippen MR) is 95.2 cm³/mol. The summed E-state index contributed by atoms with van der Waals surface area (Å²) in [7, 11) is 1.54. The molecule has 2 aromatic rings. The van der Waals surface area contributed by atoms with Crippen LogP contribution in [0.15, 0.2) is 48.5 Å². The van der Waals surface area contributed by atoms with Crippen molar-refractivity contribution >= 4 is 28.9 Å². The summed E-state index contributed by atoms with van der Waals surface area (Å²) >= 11 is 0. The van der Waals surface area contributed by atoms with E-state index in [4.69, 9.17) is 4.74 Å². The van der Waals surface area contributed by atoms with Gasteiger partial charge in [-0.05, 0) is 18.2 Å². The highest BCUT2D eigenvalue weighted by atomic mass is 16.6. The lowest BCUT2D eigenvalue weighted by atomic mass is 10.1. The number of ether oxygens (including phenoxy) is 1. The first-order valence-electron chi connectivity index (χ1n) is 7.97. The van der Waals surface area contributed by atoms with E-state index < -0.39 is 10.8 Å². The first-order valence-corrected chi connectivity index (χ1v) is 7.97. The molecular formula is C18H17N3O5. The first kappa shape index (κ1) is 17.4. The van der Waals surface area contributed by atoms with Crippen LogP contribution in [0.5, 0.6) is 5.75 Å². The van der Waals surface area contributed by atoms with Crippen molar-refractivity contribution in [3.8, 4) is 5.75 Å². The fraction of sp³-hybridized carbons (Fsp3) is 0.222. The Hall–Kier alpha value is -3.42. The molecule has 26 heavy (non-hydrogen) atoms. The minimum absolute atomic E-state index is 0.0541. The number of nitrogens with zero attached hydrogens (tertiary/aromatic N) is 2. The average molecular weight is 355 g/mol. The summed E-state index contributed by atoms with van der Waals surface area (Å²) in [5.74, 6) is -0.438. The fourth-order valence-electron chi connectivity index (χ4n) is 2.85. The van der Waals surface area contributed by atoms with Crippen molar-refractivity contribution in [3.63, 3.8) is 0 Å². The molecule has 8 heteroatoms. The zero-order chi connectivity index (χ0) is 18.7. The van der Waals surface area contributed by atoms with Gasteiger partial charge in [0.25, 0.3) is 5.69 Å². The summed E-state index contributed by atoms with van der Waals surface area (Å²) in [6.07, 6.45) is 0.0541. The lowest BCUT2D eigenvalue weighted by Crippen LogP contribution is -2.28.